The molecule has 0 atom stereocenters. The Morgan fingerprint density at radius 2 is 2.04 bits per heavy atom. The van der Waals surface area contributed by atoms with E-state index in [1.54, 1.807) is 0 Å². The first-order valence-corrected chi connectivity index (χ1v) is 7.88. The summed E-state index contributed by atoms with van der Waals surface area (Å²) in [4.78, 5) is 18.7. The molecule has 1 aliphatic rings. The molecule has 1 aromatic heterocycles. The monoisotopic (exact) mass is 314 g/mol. The van der Waals surface area contributed by atoms with Crippen LogP contribution in [0.25, 0.3) is 0 Å². The number of rotatable bonds is 3. The summed E-state index contributed by atoms with van der Waals surface area (Å²) >= 11 is 0. The minimum absolute atomic E-state index is 0.140. The number of carbonyl (C=O) groups excluding carboxylic acids is 1. The molecule has 5 heteroatoms. The van der Waals surface area contributed by atoms with Gasteiger partial charge in [-0.25, -0.2) is 4.98 Å². The van der Waals surface area contributed by atoms with Crippen LogP contribution in [0.1, 0.15) is 38.1 Å². The second kappa shape index (κ2) is 6.07. The number of aromatic nitrogens is 1. The third kappa shape index (κ3) is 3.55. The van der Waals surface area contributed by atoms with Crippen molar-refractivity contribution in [3.8, 4) is 5.75 Å². The Labute approximate surface area is 136 Å². The number of para-hydroxylation sites is 1. The second-order valence-corrected chi connectivity index (χ2v) is 6.81. The molecule has 0 aliphatic carbocycles. The molecule has 5 nitrogen and oxygen atoms in total. The Bertz CT molecular complexity index is 686. The lowest BCUT2D eigenvalue weighted by Gasteiger charge is -2.31. The van der Waals surface area contributed by atoms with E-state index in [1.165, 1.54) is 0 Å². The summed E-state index contributed by atoms with van der Waals surface area (Å²) in [6, 6.07) is 9.58. The van der Waals surface area contributed by atoms with Crippen molar-refractivity contribution in [3.05, 3.63) is 47.7 Å². The summed E-state index contributed by atoms with van der Waals surface area (Å²) in [5.74, 6) is 2.26. The molecule has 0 N–H and O–H groups in total. The maximum Gasteiger partial charge on any atom is 0.232 e. The van der Waals surface area contributed by atoms with Crippen LogP contribution in [0, 0.1) is 5.41 Å². The highest BCUT2D eigenvalue weighted by molar-refractivity contribution is 5.81. The standard InChI is InChI=1S/C18H22N2O3/c1-18(2,3)17(21)20-10-9-14-15(11-20)23-16(19-14)12-22-13-7-5-4-6-8-13/h4-8H,9-12H2,1-3H3. The molecule has 23 heavy (non-hydrogen) atoms. The maximum absolute atomic E-state index is 12.4. The SMILES string of the molecule is CC(C)(C)C(=O)N1CCc2nc(COc3ccccc3)oc2C1. The van der Waals surface area contributed by atoms with Crippen LogP contribution >= 0.6 is 0 Å². The number of carbonyl (C=O) groups is 1. The summed E-state index contributed by atoms with van der Waals surface area (Å²) in [5, 5.41) is 0. The Kier molecular flexibility index (Phi) is 4.11. The van der Waals surface area contributed by atoms with E-state index in [-0.39, 0.29) is 11.3 Å². The molecule has 2 aromatic rings. The predicted octanol–water partition coefficient (Wildman–Crippen LogP) is 3.18. The molecular formula is C18H22N2O3. The van der Waals surface area contributed by atoms with Gasteiger partial charge in [-0.15, -0.1) is 0 Å². The van der Waals surface area contributed by atoms with Crippen molar-refractivity contribution < 1.29 is 13.9 Å². The first-order valence-electron chi connectivity index (χ1n) is 7.88. The average molecular weight is 314 g/mol. The van der Waals surface area contributed by atoms with Crippen LogP contribution < -0.4 is 4.74 Å². The zero-order valence-corrected chi connectivity index (χ0v) is 13.8. The minimum Gasteiger partial charge on any atom is -0.484 e. The van der Waals surface area contributed by atoms with E-state index in [9.17, 15) is 4.79 Å². The molecule has 3 rings (SSSR count). The van der Waals surface area contributed by atoms with Gasteiger partial charge in [-0.3, -0.25) is 4.79 Å². The molecule has 0 saturated carbocycles. The van der Waals surface area contributed by atoms with Gasteiger partial charge in [-0.1, -0.05) is 39.0 Å². The number of amides is 1. The van der Waals surface area contributed by atoms with Crippen LogP contribution in [0.4, 0.5) is 0 Å². The molecular weight excluding hydrogens is 292 g/mol. The zero-order chi connectivity index (χ0) is 16.4. The summed E-state index contributed by atoms with van der Waals surface area (Å²) in [6.45, 7) is 7.28. The van der Waals surface area contributed by atoms with Crippen molar-refractivity contribution in [1.29, 1.82) is 0 Å². The van der Waals surface area contributed by atoms with E-state index < -0.39 is 0 Å². The highest BCUT2D eigenvalue weighted by Gasteiger charge is 2.31. The van der Waals surface area contributed by atoms with Gasteiger partial charge in [0.2, 0.25) is 11.8 Å². The highest BCUT2D eigenvalue weighted by Crippen LogP contribution is 2.25. The van der Waals surface area contributed by atoms with Gasteiger partial charge in [0.25, 0.3) is 0 Å². The Hall–Kier alpha value is -2.30. The molecule has 1 aliphatic heterocycles. The van der Waals surface area contributed by atoms with Gasteiger partial charge in [-0.2, -0.15) is 0 Å². The Balaban J connectivity index is 1.66. The number of fused-ring (bicyclic) bond motifs is 1. The van der Waals surface area contributed by atoms with E-state index >= 15 is 0 Å². The number of hydrogen-bond acceptors (Lipinski definition) is 4. The quantitative estimate of drug-likeness (QED) is 0.873. The van der Waals surface area contributed by atoms with Crippen molar-refractivity contribution in [2.24, 2.45) is 5.41 Å². The fourth-order valence-electron chi connectivity index (χ4n) is 2.62. The number of nitrogens with zero attached hydrogens (tertiary/aromatic N) is 2. The minimum atomic E-state index is -0.378. The number of ether oxygens (including phenoxy) is 1. The van der Waals surface area contributed by atoms with E-state index in [0.717, 1.165) is 23.6 Å². The van der Waals surface area contributed by atoms with Gasteiger partial charge in [0.15, 0.2) is 6.61 Å². The van der Waals surface area contributed by atoms with Gasteiger partial charge in [0, 0.05) is 18.4 Å². The number of oxazole rings is 1. The van der Waals surface area contributed by atoms with Gasteiger partial charge in [0.05, 0.1) is 12.2 Å². The summed E-state index contributed by atoms with van der Waals surface area (Å²) in [6.07, 6.45) is 0.728. The lowest BCUT2D eigenvalue weighted by molar-refractivity contribution is -0.140. The van der Waals surface area contributed by atoms with Crippen molar-refractivity contribution in [1.82, 2.24) is 9.88 Å². The Morgan fingerprint density at radius 1 is 1.30 bits per heavy atom. The van der Waals surface area contributed by atoms with Crippen LogP contribution in [0.5, 0.6) is 5.75 Å². The molecule has 0 fully saturated rings. The van der Waals surface area contributed by atoms with Crippen LogP contribution in [0.3, 0.4) is 0 Å². The van der Waals surface area contributed by atoms with Crippen LogP contribution in [0.15, 0.2) is 34.7 Å². The van der Waals surface area contributed by atoms with Crippen molar-refractivity contribution >= 4 is 5.91 Å². The van der Waals surface area contributed by atoms with Gasteiger partial charge in [0.1, 0.15) is 11.5 Å². The van der Waals surface area contributed by atoms with Crippen molar-refractivity contribution in [3.63, 3.8) is 0 Å². The highest BCUT2D eigenvalue weighted by atomic mass is 16.5. The lowest BCUT2D eigenvalue weighted by Crippen LogP contribution is -2.42. The third-order valence-corrected chi connectivity index (χ3v) is 3.81. The molecule has 0 saturated heterocycles. The summed E-state index contributed by atoms with van der Waals surface area (Å²) in [5.41, 5.74) is 0.561. The normalized spacial score (nSPS) is 14.5. The zero-order valence-electron chi connectivity index (χ0n) is 13.8. The summed E-state index contributed by atoms with van der Waals surface area (Å²) in [7, 11) is 0. The molecule has 0 spiro atoms. The average Bonchev–Trinajstić information content (AvgIpc) is 2.94. The summed E-state index contributed by atoms with van der Waals surface area (Å²) < 4.78 is 11.5. The number of hydrogen-bond donors (Lipinski definition) is 0. The largest absolute Gasteiger partial charge is 0.484 e. The molecule has 0 bridgehead atoms. The molecule has 0 radical (unpaired) electrons. The first-order chi connectivity index (χ1) is 10.9. The van der Waals surface area contributed by atoms with Crippen molar-refractivity contribution in [2.45, 2.75) is 40.3 Å². The fraction of sp³-hybridized carbons (Fsp3) is 0.444. The predicted molar refractivity (Wildman–Crippen MR) is 85.9 cm³/mol. The van der Waals surface area contributed by atoms with E-state index in [0.29, 0.717) is 25.6 Å². The molecule has 0 unspecified atom stereocenters. The van der Waals surface area contributed by atoms with Gasteiger partial charge >= 0.3 is 0 Å². The van der Waals surface area contributed by atoms with E-state index in [4.69, 9.17) is 9.15 Å². The first kappa shape index (κ1) is 15.6. The fourth-order valence-corrected chi connectivity index (χ4v) is 2.62. The number of benzene rings is 1. The van der Waals surface area contributed by atoms with Crippen LogP contribution in [-0.4, -0.2) is 22.3 Å². The van der Waals surface area contributed by atoms with Crippen molar-refractivity contribution in [2.75, 3.05) is 6.54 Å². The topological polar surface area (TPSA) is 55.6 Å². The van der Waals surface area contributed by atoms with Gasteiger partial charge in [-0.05, 0) is 12.1 Å². The van der Waals surface area contributed by atoms with Crippen LogP contribution in [-0.2, 0) is 24.4 Å². The molecule has 1 aromatic carbocycles. The van der Waals surface area contributed by atoms with E-state index in [1.807, 2.05) is 56.0 Å². The molecule has 2 heterocycles. The maximum atomic E-state index is 12.4. The molecule has 1 amide bonds. The molecule has 122 valence electrons. The van der Waals surface area contributed by atoms with E-state index in [2.05, 4.69) is 4.98 Å². The lowest BCUT2D eigenvalue weighted by atomic mass is 9.94. The van der Waals surface area contributed by atoms with Gasteiger partial charge < -0.3 is 14.1 Å². The smallest absolute Gasteiger partial charge is 0.232 e. The third-order valence-electron chi connectivity index (χ3n) is 3.81. The second-order valence-electron chi connectivity index (χ2n) is 6.81. The van der Waals surface area contributed by atoms with Crippen LogP contribution in [0.2, 0.25) is 0 Å². The Morgan fingerprint density at radius 3 is 2.74 bits per heavy atom.